The summed E-state index contributed by atoms with van der Waals surface area (Å²) in [4.78, 5) is 20.2. The number of esters is 1. The number of imidazole rings is 1. The van der Waals surface area contributed by atoms with Gasteiger partial charge in [0.15, 0.2) is 5.71 Å². The Kier molecular flexibility index (Phi) is 6.76. The first-order valence-electron chi connectivity index (χ1n) is 8.27. The highest BCUT2D eigenvalue weighted by molar-refractivity contribution is 6.41. The molecule has 0 aliphatic carbocycles. The number of ether oxygens (including phenoxy) is 2. The van der Waals surface area contributed by atoms with Crippen molar-refractivity contribution in [2.45, 2.75) is 13.8 Å². The minimum atomic E-state index is -0.578. The largest absolute Gasteiger partial charge is 0.494 e. The van der Waals surface area contributed by atoms with Gasteiger partial charge in [-0.3, -0.25) is 0 Å². The number of anilines is 1. The van der Waals surface area contributed by atoms with Gasteiger partial charge in [0.05, 0.1) is 31.4 Å². The molecule has 0 aliphatic heterocycles. The Morgan fingerprint density at radius 2 is 2.26 bits per heavy atom. The third-order valence-electron chi connectivity index (χ3n) is 3.45. The van der Waals surface area contributed by atoms with Gasteiger partial charge in [0.2, 0.25) is 0 Å². The van der Waals surface area contributed by atoms with E-state index in [9.17, 15) is 4.79 Å². The maximum absolute atomic E-state index is 11.9. The van der Waals surface area contributed by atoms with Crippen molar-refractivity contribution in [1.82, 2.24) is 9.55 Å². The first-order valence-corrected chi connectivity index (χ1v) is 8.27. The minimum absolute atomic E-state index is 0.0503. The average Bonchev–Trinajstić information content (AvgIpc) is 3.07. The van der Waals surface area contributed by atoms with Crippen molar-refractivity contribution in [2.24, 2.45) is 10.7 Å². The second-order valence-corrected chi connectivity index (χ2v) is 5.46. The molecule has 8 nitrogen and oxygen atoms in total. The van der Waals surface area contributed by atoms with Gasteiger partial charge in [-0.25, -0.2) is 14.8 Å². The summed E-state index contributed by atoms with van der Waals surface area (Å²) in [7, 11) is 1.59. The number of hydrogen-bond acceptors (Lipinski definition) is 7. The zero-order valence-corrected chi connectivity index (χ0v) is 15.6. The van der Waals surface area contributed by atoms with E-state index in [4.69, 9.17) is 15.2 Å². The summed E-state index contributed by atoms with van der Waals surface area (Å²) in [5, 5.41) is 3.02. The maximum Gasteiger partial charge on any atom is 0.357 e. The molecule has 0 saturated heterocycles. The third kappa shape index (κ3) is 5.21. The molecule has 0 amide bonds. The predicted molar refractivity (Wildman–Crippen MR) is 105 cm³/mol. The molecular formula is C19H23N5O3. The number of aliphatic imine (C=N–C) groups is 1. The first kappa shape index (κ1) is 19.8. The van der Waals surface area contributed by atoms with Crippen molar-refractivity contribution < 1.29 is 14.3 Å². The number of carbonyl (C=O) groups is 1. The van der Waals surface area contributed by atoms with Gasteiger partial charge < -0.3 is 25.1 Å². The minimum Gasteiger partial charge on any atom is -0.494 e. The first-order chi connectivity index (χ1) is 13.0. The molecule has 0 aliphatic rings. The molecule has 0 atom stereocenters. The van der Waals surface area contributed by atoms with E-state index >= 15 is 0 Å². The van der Waals surface area contributed by atoms with E-state index in [0.717, 1.165) is 11.4 Å². The lowest BCUT2D eigenvalue weighted by atomic mass is 10.2. The van der Waals surface area contributed by atoms with Gasteiger partial charge in [-0.1, -0.05) is 6.58 Å². The number of nitrogens with zero attached hydrogens (tertiary/aromatic N) is 3. The van der Waals surface area contributed by atoms with Gasteiger partial charge in [0.25, 0.3) is 0 Å². The lowest BCUT2D eigenvalue weighted by Gasteiger charge is -2.12. The average molecular weight is 369 g/mol. The molecule has 0 spiro atoms. The Balaban J connectivity index is 2.22. The fourth-order valence-corrected chi connectivity index (χ4v) is 2.31. The number of carbonyl (C=O) groups excluding carboxylic acids is 1. The highest BCUT2D eigenvalue weighted by Gasteiger charge is 2.11. The summed E-state index contributed by atoms with van der Waals surface area (Å²) >= 11 is 0. The molecule has 2 aromatic rings. The van der Waals surface area contributed by atoms with Crippen LogP contribution in [0.25, 0.3) is 5.69 Å². The van der Waals surface area contributed by atoms with Crippen LogP contribution in [0.15, 0.2) is 60.4 Å². The topological polar surface area (TPSA) is 104 Å². The van der Waals surface area contributed by atoms with E-state index in [1.54, 1.807) is 26.4 Å². The van der Waals surface area contributed by atoms with Crippen molar-refractivity contribution in [3.63, 3.8) is 0 Å². The summed E-state index contributed by atoms with van der Waals surface area (Å²) < 4.78 is 12.3. The van der Waals surface area contributed by atoms with Crippen LogP contribution in [0.4, 0.5) is 5.69 Å². The van der Waals surface area contributed by atoms with Crippen molar-refractivity contribution in [2.75, 3.05) is 19.0 Å². The van der Waals surface area contributed by atoms with E-state index in [1.165, 1.54) is 12.3 Å². The van der Waals surface area contributed by atoms with E-state index in [0.29, 0.717) is 11.4 Å². The summed E-state index contributed by atoms with van der Waals surface area (Å²) in [5.41, 5.74) is 7.85. The van der Waals surface area contributed by atoms with Crippen LogP contribution in [0, 0.1) is 6.92 Å². The normalized spacial score (nSPS) is 11.4. The number of aromatic nitrogens is 2. The Morgan fingerprint density at radius 1 is 1.48 bits per heavy atom. The maximum atomic E-state index is 11.9. The van der Waals surface area contributed by atoms with Gasteiger partial charge in [0.1, 0.15) is 11.6 Å². The molecule has 0 bridgehead atoms. The van der Waals surface area contributed by atoms with E-state index in [-0.39, 0.29) is 18.1 Å². The summed E-state index contributed by atoms with van der Waals surface area (Å²) in [6, 6.07) is 5.52. The van der Waals surface area contributed by atoms with Crippen LogP contribution < -0.4 is 15.8 Å². The Bertz CT molecular complexity index is 883. The number of rotatable bonds is 8. The van der Waals surface area contributed by atoms with Crippen LogP contribution in [0.1, 0.15) is 12.6 Å². The summed E-state index contributed by atoms with van der Waals surface area (Å²) in [6.07, 6.45) is 6.19. The molecule has 0 radical (unpaired) electrons. The van der Waals surface area contributed by atoms with Gasteiger partial charge >= 0.3 is 5.97 Å². The van der Waals surface area contributed by atoms with Crippen LogP contribution in [-0.2, 0) is 9.53 Å². The molecule has 1 heterocycles. The van der Waals surface area contributed by atoms with Crippen molar-refractivity contribution in [3.8, 4) is 11.4 Å². The van der Waals surface area contributed by atoms with Gasteiger partial charge in [-0.05, 0) is 38.3 Å². The van der Waals surface area contributed by atoms with Gasteiger partial charge in [0, 0.05) is 18.0 Å². The molecule has 2 rings (SSSR count). The highest BCUT2D eigenvalue weighted by Crippen LogP contribution is 2.27. The van der Waals surface area contributed by atoms with Crippen LogP contribution in [0.5, 0.6) is 5.75 Å². The Labute approximate surface area is 158 Å². The third-order valence-corrected chi connectivity index (χ3v) is 3.45. The van der Waals surface area contributed by atoms with Crippen LogP contribution in [0.3, 0.4) is 0 Å². The molecule has 8 heteroatoms. The summed E-state index contributed by atoms with van der Waals surface area (Å²) in [5.74, 6) is 0.316. The zero-order chi connectivity index (χ0) is 19.8. The SMILES string of the molecule is C=C(N=C(/C=C\N)C(=O)OCC)Nc1ccc(-n2cnc(C)c2)c(OC)c1. The quantitative estimate of drug-likeness (QED) is 0.547. The lowest BCUT2D eigenvalue weighted by molar-refractivity contribution is -0.134. The van der Waals surface area contributed by atoms with E-state index < -0.39 is 5.97 Å². The Hall–Kier alpha value is -3.55. The van der Waals surface area contributed by atoms with Crippen molar-refractivity contribution in [1.29, 1.82) is 0 Å². The summed E-state index contributed by atoms with van der Waals surface area (Å²) in [6.45, 7) is 7.68. The van der Waals surface area contributed by atoms with Gasteiger partial charge in [-0.15, -0.1) is 0 Å². The van der Waals surface area contributed by atoms with Crippen LogP contribution in [-0.4, -0.2) is 34.9 Å². The second-order valence-electron chi connectivity index (χ2n) is 5.46. The number of nitrogens with one attached hydrogen (secondary N) is 1. The van der Waals surface area contributed by atoms with Crippen molar-refractivity contribution in [3.05, 3.63) is 61.1 Å². The number of aryl methyl sites for hydroxylation is 1. The monoisotopic (exact) mass is 369 g/mol. The molecular weight excluding hydrogens is 346 g/mol. The Morgan fingerprint density at radius 3 is 2.85 bits per heavy atom. The fourth-order valence-electron chi connectivity index (χ4n) is 2.31. The molecule has 0 unspecified atom stereocenters. The predicted octanol–water partition coefficient (Wildman–Crippen LogP) is 2.55. The smallest absolute Gasteiger partial charge is 0.357 e. The lowest BCUT2D eigenvalue weighted by Crippen LogP contribution is -2.17. The second kappa shape index (κ2) is 9.23. The van der Waals surface area contributed by atoms with Crippen LogP contribution in [0.2, 0.25) is 0 Å². The molecule has 0 saturated carbocycles. The molecule has 0 fully saturated rings. The molecule has 1 aromatic heterocycles. The molecule has 27 heavy (non-hydrogen) atoms. The molecule has 142 valence electrons. The number of nitrogens with two attached hydrogens (primary N) is 1. The van der Waals surface area contributed by atoms with Gasteiger partial charge in [-0.2, -0.15) is 0 Å². The van der Waals surface area contributed by atoms with E-state index in [1.807, 2.05) is 29.8 Å². The molecule has 1 aromatic carbocycles. The number of methoxy groups -OCH3 is 1. The van der Waals surface area contributed by atoms with Crippen LogP contribution >= 0.6 is 0 Å². The zero-order valence-electron chi connectivity index (χ0n) is 15.6. The fraction of sp³-hybridized carbons (Fsp3) is 0.211. The van der Waals surface area contributed by atoms with Crippen molar-refractivity contribution >= 4 is 17.4 Å². The standard InChI is InChI=1S/C19H23N5O3/c1-5-27-19(25)16(8-9-20)23-14(3)22-15-6-7-17(18(10-15)26-4)24-11-13(2)21-12-24/h6-12,22H,3,5,20H2,1-2,4H3/b9-8-,23-16?. The highest BCUT2D eigenvalue weighted by atomic mass is 16.5. The molecule has 3 N–H and O–H groups in total. The van der Waals surface area contributed by atoms with E-state index in [2.05, 4.69) is 21.9 Å². The number of benzene rings is 1. The number of hydrogen-bond donors (Lipinski definition) is 2.